The summed E-state index contributed by atoms with van der Waals surface area (Å²) in [6, 6.07) is 12.8. The molecular formula is C20H15Cl2NO3. The van der Waals surface area contributed by atoms with Gasteiger partial charge in [-0.05, 0) is 49.2 Å². The molecule has 3 rings (SSSR count). The zero-order valence-electron chi connectivity index (χ0n) is 14.1. The van der Waals surface area contributed by atoms with Crippen LogP contribution in [0.25, 0.3) is 11.3 Å². The van der Waals surface area contributed by atoms with Gasteiger partial charge in [-0.15, -0.1) is 0 Å². The summed E-state index contributed by atoms with van der Waals surface area (Å²) in [5.74, 6) is -0.410. The molecule has 1 N–H and O–H groups in total. The van der Waals surface area contributed by atoms with Crippen LogP contribution in [0.5, 0.6) is 0 Å². The molecule has 0 spiro atoms. The molecule has 132 valence electrons. The van der Waals surface area contributed by atoms with Crippen LogP contribution in [0.4, 0.5) is 5.69 Å². The van der Waals surface area contributed by atoms with Gasteiger partial charge in [-0.25, -0.2) is 0 Å². The molecule has 26 heavy (non-hydrogen) atoms. The Balaban J connectivity index is 1.98. The van der Waals surface area contributed by atoms with Crippen LogP contribution in [0.3, 0.4) is 0 Å². The van der Waals surface area contributed by atoms with E-state index in [0.717, 1.165) is 17.2 Å². The SMILES string of the molecule is Cc1cccc(NC(=O)c2cc(=O)cc(-c3ccc(Cl)cc3Cl)o2)c1C. The van der Waals surface area contributed by atoms with Crippen LogP contribution < -0.4 is 10.7 Å². The number of halogens is 2. The fourth-order valence-electron chi connectivity index (χ4n) is 2.48. The van der Waals surface area contributed by atoms with Crippen LogP contribution in [0, 0.1) is 13.8 Å². The molecule has 0 saturated carbocycles. The van der Waals surface area contributed by atoms with E-state index < -0.39 is 5.91 Å². The maximum atomic E-state index is 12.6. The van der Waals surface area contributed by atoms with E-state index in [1.54, 1.807) is 24.3 Å². The number of benzene rings is 2. The van der Waals surface area contributed by atoms with Gasteiger partial charge in [0.05, 0.1) is 5.02 Å². The molecule has 6 heteroatoms. The minimum atomic E-state index is -0.511. The minimum Gasteiger partial charge on any atom is -0.451 e. The smallest absolute Gasteiger partial charge is 0.291 e. The van der Waals surface area contributed by atoms with E-state index in [0.29, 0.717) is 21.3 Å². The molecule has 0 unspecified atom stereocenters. The first kappa shape index (κ1) is 18.2. The standard InChI is InChI=1S/C20H15Cl2NO3/c1-11-4-3-5-17(12(11)2)23-20(25)19-10-14(24)9-18(26-19)15-7-6-13(21)8-16(15)22/h3-10H,1-2H3,(H,23,25). The predicted molar refractivity (Wildman–Crippen MR) is 104 cm³/mol. The highest BCUT2D eigenvalue weighted by Crippen LogP contribution is 2.30. The van der Waals surface area contributed by atoms with Crippen LogP contribution in [0.1, 0.15) is 21.7 Å². The van der Waals surface area contributed by atoms with Gasteiger partial charge >= 0.3 is 0 Å². The van der Waals surface area contributed by atoms with Crippen molar-refractivity contribution in [1.82, 2.24) is 0 Å². The van der Waals surface area contributed by atoms with Gasteiger partial charge in [0, 0.05) is 28.4 Å². The number of hydrogen-bond acceptors (Lipinski definition) is 3. The Morgan fingerprint density at radius 2 is 1.81 bits per heavy atom. The van der Waals surface area contributed by atoms with E-state index in [2.05, 4.69) is 5.32 Å². The summed E-state index contributed by atoms with van der Waals surface area (Å²) < 4.78 is 5.63. The molecule has 0 atom stereocenters. The molecule has 0 bridgehead atoms. The average molecular weight is 388 g/mol. The number of carbonyl (C=O) groups is 1. The van der Waals surface area contributed by atoms with Crippen molar-refractivity contribution < 1.29 is 9.21 Å². The Morgan fingerprint density at radius 1 is 1.04 bits per heavy atom. The Kier molecular flexibility index (Phi) is 5.16. The first-order valence-corrected chi connectivity index (χ1v) is 8.59. The normalized spacial score (nSPS) is 10.6. The van der Waals surface area contributed by atoms with Gasteiger partial charge in [-0.2, -0.15) is 0 Å². The molecule has 1 aromatic heterocycles. The predicted octanol–water partition coefficient (Wildman–Crippen LogP) is 5.48. The number of hydrogen-bond donors (Lipinski definition) is 1. The molecule has 1 amide bonds. The summed E-state index contributed by atoms with van der Waals surface area (Å²) in [6.07, 6.45) is 0. The van der Waals surface area contributed by atoms with E-state index in [-0.39, 0.29) is 16.9 Å². The lowest BCUT2D eigenvalue weighted by molar-refractivity contribution is 0.0995. The highest BCUT2D eigenvalue weighted by Gasteiger charge is 2.15. The van der Waals surface area contributed by atoms with Crippen molar-refractivity contribution in [2.45, 2.75) is 13.8 Å². The van der Waals surface area contributed by atoms with E-state index in [9.17, 15) is 9.59 Å². The van der Waals surface area contributed by atoms with Gasteiger partial charge in [0.1, 0.15) is 5.76 Å². The highest BCUT2D eigenvalue weighted by molar-refractivity contribution is 6.36. The maximum absolute atomic E-state index is 12.6. The van der Waals surface area contributed by atoms with Gasteiger partial charge in [-0.1, -0.05) is 35.3 Å². The lowest BCUT2D eigenvalue weighted by Gasteiger charge is -2.11. The lowest BCUT2D eigenvalue weighted by Crippen LogP contribution is -2.15. The van der Waals surface area contributed by atoms with E-state index in [4.69, 9.17) is 27.6 Å². The Bertz CT molecular complexity index is 1060. The van der Waals surface area contributed by atoms with Gasteiger partial charge in [0.15, 0.2) is 11.2 Å². The van der Waals surface area contributed by atoms with Crippen LogP contribution in [-0.2, 0) is 0 Å². The molecule has 0 radical (unpaired) electrons. The monoisotopic (exact) mass is 387 g/mol. The van der Waals surface area contributed by atoms with Gasteiger partial charge in [0.25, 0.3) is 5.91 Å². The van der Waals surface area contributed by atoms with Crippen molar-refractivity contribution in [3.05, 3.63) is 85.7 Å². The van der Waals surface area contributed by atoms with E-state index in [1.807, 2.05) is 26.0 Å². The fraction of sp³-hybridized carbons (Fsp3) is 0.100. The Hall–Kier alpha value is -2.56. The topological polar surface area (TPSA) is 59.3 Å². The molecule has 0 saturated heterocycles. The fourth-order valence-corrected chi connectivity index (χ4v) is 2.98. The Labute approximate surface area is 160 Å². The van der Waals surface area contributed by atoms with Crippen LogP contribution in [0.15, 0.2) is 57.7 Å². The number of amides is 1. The van der Waals surface area contributed by atoms with Crippen molar-refractivity contribution in [2.24, 2.45) is 0 Å². The number of aryl methyl sites for hydroxylation is 1. The molecule has 4 nitrogen and oxygen atoms in total. The quantitative estimate of drug-likeness (QED) is 0.646. The van der Waals surface area contributed by atoms with Crippen molar-refractivity contribution in [2.75, 3.05) is 5.32 Å². The molecule has 0 aliphatic rings. The minimum absolute atomic E-state index is 0.0978. The third kappa shape index (κ3) is 3.82. The summed E-state index contributed by atoms with van der Waals surface area (Å²) in [4.78, 5) is 24.6. The highest BCUT2D eigenvalue weighted by atomic mass is 35.5. The molecule has 1 heterocycles. The maximum Gasteiger partial charge on any atom is 0.291 e. The third-order valence-electron chi connectivity index (χ3n) is 4.04. The van der Waals surface area contributed by atoms with Crippen LogP contribution in [0.2, 0.25) is 10.0 Å². The first-order chi connectivity index (χ1) is 12.3. The second kappa shape index (κ2) is 7.36. The third-order valence-corrected chi connectivity index (χ3v) is 4.59. The van der Waals surface area contributed by atoms with Gasteiger partial charge in [0.2, 0.25) is 0 Å². The molecule has 3 aromatic rings. The van der Waals surface area contributed by atoms with Gasteiger partial charge in [-0.3, -0.25) is 9.59 Å². The first-order valence-electron chi connectivity index (χ1n) is 7.83. The number of rotatable bonds is 3. The lowest BCUT2D eigenvalue weighted by atomic mass is 10.1. The van der Waals surface area contributed by atoms with E-state index >= 15 is 0 Å². The van der Waals surface area contributed by atoms with Crippen LogP contribution >= 0.6 is 23.2 Å². The number of anilines is 1. The largest absolute Gasteiger partial charge is 0.451 e. The van der Waals surface area contributed by atoms with Crippen molar-refractivity contribution in [1.29, 1.82) is 0 Å². The zero-order chi connectivity index (χ0) is 18.8. The Morgan fingerprint density at radius 3 is 2.54 bits per heavy atom. The number of nitrogens with one attached hydrogen (secondary N) is 1. The molecule has 0 aliphatic heterocycles. The summed E-state index contributed by atoms with van der Waals surface area (Å²) >= 11 is 12.1. The molecular weight excluding hydrogens is 373 g/mol. The van der Waals surface area contributed by atoms with E-state index in [1.165, 1.54) is 6.07 Å². The summed E-state index contributed by atoms with van der Waals surface area (Å²) in [6.45, 7) is 3.86. The van der Waals surface area contributed by atoms with Crippen molar-refractivity contribution in [3.8, 4) is 11.3 Å². The second-order valence-corrected chi connectivity index (χ2v) is 6.69. The summed E-state index contributed by atoms with van der Waals surface area (Å²) in [5.41, 5.74) is 2.77. The zero-order valence-corrected chi connectivity index (χ0v) is 15.6. The van der Waals surface area contributed by atoms with Gasteiger partial charge < -0.3 is 9.73 Å². The molecule has 0 fully saturated rings. The summed E-state index contributed by atoms with van der Waals surface area (Å²) in [7, 11) is 0. The molecule has 2 aromatic carbocycles. The van der Waals surface area contributed by atoms with Crippen molar-refractivity contribution >= 4 is 34.8 Å². The van der Waals surface area contributed by atoms with Crippen LogP contribution in [-0.4, -0.2) is 5.91 Å². The molecule has 0 aliphatic carbocycles. The van der Waals surface area contributed by atoms with Crippen molar-refractivity contribution in [3.63, 3.8) is 0 Å². The second-order valence-electron chi connectivity index (χ2n) is 5.85. The average Bonchev–Trinajstić information content (AvgIpc) is 2.58. The summed E-state index contributed by atoms with van der Waals surface area (Å²) in [5, 5.41) is 3.56. The number of carbonyl (C=O) groups excluding carboxylic acids is 1.